The molecule has 1 amide bonds. The lowest BCUT2D eigenvalue weighted by Gasteiger charge is -2.22. The maximum Gasteiger partial charge on any atom is 0.221 e. The molecule has 0 spiro atoms. The summed E-state index contributed by atoms with van der Waals surface area (Å²) in [5.41, 5.74) is 0.800. The van der Waals surface area contributed by atoms with Crippen molar-refractivity contribution >= 4 is 24.0 Å². The molecule has 0 aliphatic carbocycles. The summed E-state index contributed by atoms with van der Waals surface area (Å²) in [5.74, 6) is 1.40. The third-order valence-corrected chi connectivity index (χ3v) is 3.06. The van der Waals surface area contributed by atoms with Gasteiger partial charge in [-0.3, -0.25) is 4.79 Å². The SMILES string of the molecule is CC(=O)Nc1ccc(OCC2CCCNC2)cc1.Cl. The van der Waals surface area contributed by atoms with Crippen LogP contribution < -0.4 is 15.4 Å². The number of hydrogen-bond donors (Lipinski definition) is 2. The van der Waals surface area contributed by atoms with Gasteiger partial charge in [0.25, 0.3) is 0 Å². The minimum atomic E-state index is -0.0584. The number of carbonyl (C=O) groups excluding carboxylic acids is 1. The van der Waals surface area contributed by atoms with Gasteiger partial charge in [0.15, 0.2) is 0 Å². The van der Waals surface area contributed by atoms with E-state index in [4.69, 9.17) is 4.74 Å². The molecule has 5 heteroatoms. The van der Waals surface area contributed by atoms with E-state index in [-0.39, 0.29) is 18.3 Å². The number of halogens is 1. The molecule has 1 fully saturated rings. The van der Waals surface area contributed by atoms with E-state index in [0.29, 0.717) is 5.92 Å². The van der Waals surface area contributed by atoms with Crippen LogP contribution in [0, 0.1) is 5.92 Å². The molecule has 2 rings (SSSR count). The van der Waals surface area contributed by atoms with Crippen LogP contribution in [0.4, 0.5) is 5.69 Å². The molecule has 2 N–H and O–H groups in total. The molecule has 1 aliphatic heterocycles. The normalized spacial score (nSPS) is 18.3. The molecule has 0 saturated carbocycles. The molecule has 0 aromatic heterocycles. The fourth-order valence-corrected chi connectivity index (χ4v) is 2.12. The van der Waals surface area contributed by atoms with Gasteiger partial charge in [-0.1, -0.05) is 0 Å². The van der Waals surface area contributed by atoms with Crippen molar-refractivity contribution in [2.75, 3.05) is 25.0 Å². The molecule has 1 atom stereocenters. The molecule has 1 saturated heterocycles. The minimum absolute atomic E-state index is 0. The monoisotopic (exact) mass is 284 g/mol. The summed E-state index contributed by atoms with van der Waals surface area (Å²) >= 11 is 0. The van der Waals surface area contributed by atoms with Crippen LogP contribution in [-0.4, -0.2) is 25.6 Å². The van der Waals surface area contributed by atoms with Crippen molar-refractivity contribution < 1.29 is 9.53 Å². The smallest absolute Gasteiger partial charge is 0.221 e. The number of amides is 1. The van der Waals surface area contributed by atoms with Gasteiger partial charge in [-0.15, -0.1) is 12.4 Å². The van der Waals surface area contributed by atoms with Gasteiger partial charge < -0.3 is 15.4 Å². The van der Waals surface area contributed by atoms with E-state index in [1.165, 1.54) is 19.8 Å². The molecule has 1 aromatic rings. The van der Waals surface area contributed by atoms with Crippen molar-refractivity contribution in [3.8, 4) is 5.75 Å². The van der Waals surface area contributed by atoms with Crippen LogP contribution in [0.5, 0.6) is 5.75 Å². The molecule has 0 radical (unpaired) electrons. The number of ether oxygens (including phenoxy) is 1. The third-order valence-electron chi connectivity index (χ3n) is 3.06. The van der Waals surface area contributed by atoms with Gasteiger partial charge in [0, 0.05) is 25.1 Å². The Hall–Kier alpha value is -1.26. The summed E-state index contributed by atoms with van der Waals surface area (Å²) in [6.45, 7) is 4.43. The third kappa shape index (κ3) is 5.49. The highest BCUT2D eigenvalue weighted by molar-refractivity contribution is 5.88. The molecule has 0 bridgehead atoms. The van der Waals surface area contributed by atoms with Crippen LogP contribution in [0.2, 0.25) is 0 Å². The lowest BCUT2D eigenvalue weighted by atomic mass is 10.0. The van der Waals surface area contributed by atoms with Gasteiger partial charge >= 0.3 is 0 Å². The van der Waals surface area contributed by atoms with Crippen molar-refractivity contribution in [3.05, 3.63) is 24.3 Å². The number of nitrogens with one attached hydrogen (secondary N) is 2. The Morgan fingerprint density at radius 3 is 2.74 bits per heavy atom. The highest BCUT2D eigenvalue weighted by Gasteiger charge is 2.13. The summed E-state index contributed by atoms with van der Waals surface area (Å²) in [6, 6.07) is 7.49. The average molecular weight is 285 g/mol. The van der Waals surface area contributed by atoms with E-state index in [1.807, 2.05) is 24.3 Å². The highest BCUT2D eigenvalue weighted by Crippen LogP contribution is 2.18. The Balaban J connectivity index is 0.00000180. The van der Waals surface area contributed by atoms with Gasteiger partial charge in [0.1, 0.15) is 5.75 Å². The maximum absolute atomic E-state index is 10.9. The number of anilines is 1. The summed E-state index contributed by atoms with van der Waals surface area (Å²) in [5, 5.41) is 6.11. The van der Waals surface area contributed by atoms with E-state index in [0.717, 1.165) is 31.1 Å². The van der Waals surface area contributed by atoms with Crippen molar-refractivity contribution in [1.29, 1.82) is 0 Å². The summed E-state index contributed by atoms with van der Waals surface area (Å²) in [4.78, 5) is 10.9. The molecular weight excluding hydrogens is 264 g/mol. The van der Waals surface area contributed by atoms with Crippen molar-refractivity contribution in [1.82, 2.24) is 5.32 Å². The van der Waals surface area contributed by atoms with Gasteiger partial charge in [0.05, 0.1) is 6.61 Å². The van der Waals surface area contributed by atoms with E-state index in [2.05, 4.69) is 10.6 Å². The summed E-state index contributed by atoms with van der Waals surface area (Å²) < 4.78 is 5.75. The molecule has 106 valence electrons. The van der Waals surface area contributed by atoms with Crippen LogP contribution in [0.15, 0.2) is 24.3 Å². The Kier molecular flexibility index (Phi) is 6.67. The number of carbonyl (C=O) groups is 1. The Bertz CT molecular complexity index is 389. The summed E-state index contributed by atoms with van der Waals surface area (Å²) in [6.07, 6.45) is 2.46. The molecule has 1 heterocycles. The van der Waals surface area contributed by atoms with Crippen molar-refractivity contribution in [2.45, 2.75) is 19.8 Å². The molecule has 1 aliphatic rings. The standard InChI is InChI=1S/C14H20N2O2.ClH/c1-11(17)16-13-4-6-14(7-5-13)18-10-12-3-2-8-15-9-12;/h4-7,12,15H,2-3,8-10H2,1H3,(H,16,17);1H. The second-order valence-corrected chi connectivity index (χ2v) is 4.73. The molecular formula is C14H21ClN2O2. The zero-order valence-corrected chi connectivity index (χ0v) is 12.0. The zero-order valence-electron chi connectivity index (χ0n) is 11.1. The molecule has 1 aromatic carbocycles. The fraction of sp³-hybridized carbons (Fsp3) is 0.500. The Morgan fingerprint density at radius 1 is 1.42 bits per heavy atom. The van der Waals surface area contributed by atoms with Crippen LogP contribution in [0.3, 0.4) is 0 Å². The predicted molar refractivity (Wildman–Crippen MR) is 79.1 cm³/mol. The molecule has 4 nitrogen and oxygen atoms in total. The molecule has 19 heavy (non-hydrogen) atoms. The van der Waals surface area contributed by atoms with Gasteiger partial charge in [-0.05, 0) is 43.7 Å². The first-order valence-electron chi connectivity index (χ1n) is 6.45. The van der Waals surface area contributed by atoms with E-state index < -0.39 is 0 Å². The number of benzene rings is 1. The van der Waals surface area contributed by atoms with Crippen LogP contribution in [-0.2, 0) is 4.79 Å². The second kappa shape index (κ2) is 8.02. The molecule has 1 unspecified atom stereocenters. The lowest BCUT2D eigenvalue weighted by molar-refractivity contribution is -0.114. The number of rotatable bonds is 4. The number of piperidine rings is 1. The Morgan fingerprint density at radius 2 is 2.16 bits per heavy atom. The van der Waals surface area contributed by atoms with E-state index in [9.17, 15) is 4.79 Å². The first-order chi connectivity index (χ1) is 8.74. The van der Waals surface area contributed by atoms with Crippen molar-refractivity contribution in [3.63, 3.8) is 0 Å². The predicted octanol–water partition coefficient (Wildman–Crippen LogP) is 2.45. The quantitative estimate of drug-likeness (QED) is 0.893. The van der Waals surface area contributed by atoms with Gasteiger partial charge in [0.2, 0.25) is 5.91 Å². The van der Waals surface area contributed by atoms with Gasteiger partial charge in [-0.2, -0.15) is 0 Å². The van der Waals surface area contributed by atoms with Crippen LogP contribution in [0.25, 0.3) is 0 Å². The fourth-order valence-electron chi connectivity index (χ4n) is 2.12. The topological polar surface area (TPSA) is 50.4 Å². The first kappa shape index (κ1) is 15.8. The summed E-state index contributed by atoms with van der Waals surface area (Å²) in [7, 11) is 0. The maximum atomic E-state index is 10.9. The first-order valence-corrected chi connectivity index (χ1v) is 6.45. The minimum Gasteiger partial charge on any atom is -0.493 e. The van der Waals surface area contributed by atoms with Crippen molar-refractivity contribution in [2.24, 2.45) is 5.92 Å². The lowest BCUT2D eigenvalue weighted by Crippen LogP contribution is -2.33. The zero-order chi connectivity index (χ0) is 12.8. The largest absolute Gasteiger partial charge is 0.493 e. The Labute approximate surface area is 120 Å². The second-order valence-electron chi connectivity index (χ2n) is 4.73. The van der Waals surface area contributed by atoms with E-state index >= 15 is 0 Å². The average Bonchev–Trinajstić information content (AvgIpc) is 2.38. The highest BCUT2D eigenvalue weighted by atomic mass is 35.5. The van der Waals surface area contributed by atoms with Crippen LogP contribution in [0.1, 0.15) is 19.8 Å². The number of hydrogen-bond acceptors (Lipinski definition) is 3. The van der Waals surface area contributed by atoms with E-state index in [1.54, 1.807) is 0 Å². The van der Waals surface area contributed by atoms with Gasteiger partial charge in [-0.25, -0.2) is 0 Å². The van der Waals surface area contributed by atoms with Crippen LogP contribution >= 0.6 is 12.4 Å².